The maximum atomic E-state index is 13.4. The quantitative estimate of drug-likeness (QED) is 0.850. The van der Waals surface area contributed by atoms with Gasteiger partial charge >= 0.3 is 0 Å². The molecule has 0 aliphatic carbocycles. The van der Waals surface area contributed by atoms with E-state index in [0.29, 0.717) is 16.1 Å². The molecule has 0 saturated heterocycles. The van der Waals surface area contributed by atoms with Gasteiger partial charge in [0.15, 0.2) is 0 Å². The lowest BCUT2D eigenvalue weighted by Crippen LogP contribution is -1.99. The Morgan fingerprint density at radius 2 is 1.88 bits per heavy atom. The summed E-state index contributed by atoms with van der Waals surface area (Å²) < 4.78 is 25.4. The van der Waals surface area contributed by atoms with Gasteiger partial charge < -0.3 is 5.73 Å². The van der Waals surface area contributed by atoms with Crippen molar-refractivity contribution in [3.8, 4) is 0 Å². The first-order valence-corrected chi connectivity index (χ1v) is 6.46. The Bertz CT molecular complexity index is 557. The van der Waals surface area contributed by atoms with E-state index in [1.54, 1.807) is 42.5 Å². The summed E-state index contributed by atoms with van der Waals surface area (Å²) in [7, 11) is -1.27. The SMILES string of the molecule is Nc1cccc(S(=O)Cc2ccccc2F)c1. The topological polar surface area (TPSA) is 43.1 Å². The molecule has 88 valence electrons. The Hall–Kier alpha value is -1.68. The number of benzene rings is 2. The Labute approximate surface area is 102 Å². The molecule has 2 nitrogen and oxygen atoms in total. The molecule has 0 fully saturated rings. The largest absolute Gasteiger partial charge is 0.399 e. The summed E-state index contributed by atoms with van der Waals surface area (Å²) in [6, 6.07) is 13.2. The maximum Gasteiger partial charge on any atom is 0.127 e. The molecule has 0 aliphatic heterocycles. The van der Waals surface area contributed by atoms with Crippen LogP contribution in [0.5, 0.6) is 0 Å². The van der Waals surface area contributed by atoms with Gasteiger partial charge in [-0.2, -0.15) is 0 Å². The Balaban J connectivity index is 2.20. The molecule has 17 heavy (non-hydrogen) atoms. The van der Waals surface area contributed by atoms with E-state index in [1.807, 2.05) is 0 Å². The van der Waals surface area contributed by atoms with Crippen LogP contribution in [-0.2, 0) is 16.6 Å². The number of hydrogen-bond donors (Lipinski definition) is 1. The summed E-state index contributed by atoms with van der Waals surface area (Å²) in [6.07, 6.45) is 0. The van der Waals surface area contributed by atoms with Crippen LogP contribution in [0.2, 0.25) is 0 Å². The predicted octanol–water partition coefficient (Wildman–Crippen LogP) is 2.72. The standard InChI is InChI=1S/C13H12FNOS/c14-13-7-2-1-4-10(13)9-17(16)12-6-3-5-11(15)8-12/h1-8H,9,15H2. The van der Waals surface area contributed by atoms with Crippen molar-refractivity contribution in [2.24, 2.45) is 0 Å². The number of hydrogen-bond acceptors (Lipinski definition) is 2. The minimum absolute atomic E-state index is 0.163. The van der Waals surface area contributed by atoms with Gasteiger partial charge in [0.05, 0.1) is 16.6 Å². The molecule has 2 aromatic carbocycles. The molecule has 0 radical (unpaired) electrons. The first-order chi connectivity index (χ1) is 8.16. The van der Waals surface area contributed by atoms with Crippen molar-refractivity contribution in [3.63, 3.8) is 0 Å². The van der Waals surface area contributed by atoms with Crippen molar-refractivity contribution in [1.82, 2.24) is 0 Å². The first-order valence-electron chi connectivity index (χ1n) is 5.14. The third-order valence-corrected chi connectivity index (χ3v) is 3.72. The molecule has 4 heteroatoms. The lowest BCUT2D eigenvalue weighted by molar-refractivity contribution is 0.615. The maximum absolute atomic E-state index is 13.4. The van der Waals surface area contributed by atoms with Crippen molar-refractivity contribution in [1.29, 1.82) is 0 Å². The highest BCUT2D eigenvalue weighted by atomic mass is 32.2. The monoisotopic (exact) mass is 249 g/mol. The molecule has 0 aliphatic rings. The van der Waals surface area contributed by atoms with Crippen molar-refractivity contribution in [2.45, 2.75) is 10.6 Å². The van der Waals surface area contributed by atoms with E-state index in [4.69, 9.17) is 5.73 Å². The molecule has 0 bridgehead atoms. The first kappa shape index (κ1) is 11.8. The van der Waals surface area contributed by atoms with Crippen LogP contribution in [0.1, 0.15) is 5.56 Å². The Morgan fingerprint density at radius 3 is 2.59 bits per heavy atom. The zero-order valence-electron chi connectivity index (χ0n) is 9.10. The third-order valence-electron chi connectivity index (χ3n) is 2.37. The van der Waals surface area contributed by atoms with Gasteiger partial charge in [-0.1, -0.05) is 24.3 Å². The van der Waals surface area contributed by atoms with Crippen molar-refractivity contribution >= 4 is 16.5 Å². The van der Waals surface area contributed by atoms with Gasteiger partial charge in [0, 0.05) is 16.1 Å². The van der Waals surface area contributed by atoms with E-state index >= 15 is 0 Å². The fraction of sp³-hybridized carbons (Fsp3) is 0.0769. The van der Waals surface area contributed by atoms with Crippen molar-refractivity contribution < 1.29 is 8.60 Å². The number of rotatable bonds is 3. The van der Waals surface area contributed by atoms with Gasteiger partial charge in [-0.15, -0.1) is 0 Å². The number of anilines is 1. The lowest BCUT2D eigenvalue weighted by atomic mass is 10.2. The highest BCUT2D eigenvalue weighted by molar-refractivity contribution is 7.84. The molecule has 2 rings (SSSR count). The van der Waals surface area contributed by atoms with Gasteiger partial charge in [-0.3, -0.25) is 4.21 Å². The molecule has 2 aromatic rings. The second-order valence-corrected chi connectivity index (χ2v) is 5.10. The molecule has 1 atom stereocenters. The van der Waals surface area contributed by atoms with Crippen LogP contribution in [-0.4, -0.2) is 4.21 Å². The highest BCUT2D eigenvalue weighted by Gasteiger charge is 2.08. The van der Waals surface area contributed by atoms with Crippen LogP contribution in [0.3, 0.4) is 0 Å². The molecule has 0 spiro atoms. The second-order valence-electron chi connectivity index (χ2n) is 3.65. The lowest BCUT2D eigenvalue weighted by Gasteiger charge is -2.04. The fourth-order valence-corrected chi connectivity index (χ4v) is 2.68. The highest BCUT2D eigenvalue weighted by Crippen LogP contribution is 2.16. The number of nitrogens with two attached hydrogens (primary N) is 1. The van der Waals surface area contributed by atoms with Gasteiger partial charge in [0.2, 0.25) is 0 Å². The number of nitrogen functional groups attached to an aromatic ring is 1. The summed E-state index contributed by atoms with van der Waals surface area (Å²) in [4.78, 5) is 0.619. The molecule has 1 unspecified atom stereocenters. The zero-order chi connectivity index (χ0) is 12.3. The fourth-order valence-electron chi connectivity index (χ4n) is 1.50. The smallest absolute Gasteiger partial charge is 0.127 e. The van der Waals surface area contributed by atoms with Gasteiger partial charge in [0.1, 0.15) is 5.82 Å². The van der Waals surface area contributed by atoms with Crippen LogP contribution in [0, 0.1) is 5.82 Å². The van der Waals surface area contributed by atoms with E-state index in [1.165, 1.54) is 6.07 Å². The minimum atomic E-state index is -1.27. The summed E-state index contributed by atoms with van der Waals surface area (Å²) in [5.41, 5.74) is 6.62. The van der Waals surface area contributed by atoms with Crippen molar-refractivity contribution in [2.75, 3.05) is 5.73 Å². The third kappa shape index (κ3) is 2.91. The summed E-state index contributed by atoms with van der Waals surface area (Å²) in [5.74, 6) is -0.166. The molecule has 0 aromatic heterocycles. The summed E-state index contributed by atoms with van der Waals surface area (Å²) in [6.45, 7) is 0. The predicted molar refractivity (Wildman–Crippen MR) is 67.4 cm³/mol. The summed E-state index contributed by atoms with van der Waals surface area (Å²) >= 11 is 0. The molecule has 0 heterocycles. The van der Waals surface area contributed by atoms with Crippen LogP contribution in [0.15, 0.2) is 53.4 Å². The van der Waals surface area contributed by atoms with Crippen LogP contribution in [0.4, 0.5) is 10.1 Å². The van der Waals surface area contributed by atoms with E-state index in [-0.39, 0.29) is 11.6 Å². The van der Waals surface area contributed by atoms with Gasteiger partial charge in [-0.25, -0.2) is 4.39 Å². The van der Waals surface area contributed by atoms with E-state index in [0.717, 1.165) is 0 Å². The average molecular weight is 249 g/mol. The normalized spacial score (nSPS) is 12.3. The molecular weight excluding hydrogens is 237 g/mol. The molecular formula is C13H12FNOS. The second kappa shape index (κ2) is 5.10. The minimum Gasteiger partial charge on any atom is -0.399 e. The van der Waals surface area contributed by atoms with E-state index in [2.05, 4.69) is 0 Å². The molecule has 0 saturated carbocycles. The Morgan fingerprint density at radius 1 is 1.12 bits per heavy atom. The van der Waals surface area contributed by atoms with Crippen molar-refractivity contribution in [3.05, 3.63) is 59.9 Å². The van der Waals surface area contributed by atoms with Gasteiger partial charge in [-0.05, 0) is 24.3 Å². The summed E-state index contributed by atoms with van der Waals surface area (Å²) in [5, 5.41) is 0. The molecule has 2 N–H and O–H groups in total. The Kier molecular flexibility index (Phi) is 3.54. The zero-order valence-corrected chi connectivity index (χ0v) is 9.91. The van der Waals surface area contributed by atoms with Crippen LogP contribution >= 0.6 is 0 Å². The van der Waals surface area contributed by atoms with Crippen LogP contribution in [0.25, 0.3) is 0 Å². The van der Waals surface area contributed by atoms with E-state index < -0.39 is 10.8 Å². The van der Waals surface area contributed by atoms with Crippen LogP contribution < -0.4 is 5.73 Å². The number of halogens is 1. The van der Waals surface area contributed by atoms with E-state index in [9.17, 15) is 8.60 Å². The average Bonchev–Trinajstić information content (AvgIpc) is 2.32. The van der Waals surface area contributed by atoms with Gasteiger partial charge in [0.25, 0.3) is 0 Å². The molecule has 0 amide bonds.